The topological polar surface area (TPSA) is 22.1 Å². The molecule has 5 heteroatoms. The molecule has 1 aromatic heterocycles. The Labute approximate surface area is 115 Å². The third kappa shape index (κ3) is 2.63. The van der Waals surface area contributed by atoms with Gasteiger partial charge in [0.2, 0.25) is 0 Å². The molecule has 1 aromatic carbocycles. The van der Waals surface area contributed by atoms with E-state index in [2.05, 4.69) is 9.72 Å². The molecule has 0 aliphatic heterocycles. The van der Waals surface area contributed by atoms with Crippen LogP contribution in [0.15, 0.2) is 18.2 Å². The van der Waals surface area contributed by atoms with Gasteiger partial charge in [0.1, 0.15) is 5.52 Å². The molecule has 0 saturated carbocycles. The fourth-order valence-electron chi connectivity index (χ4n) is 2.21. The largest absolute Gasteiger partial charge is 0.432 e. The Morgan fingerprint density at radius 1 is 1.26 bits per heavy atom. The van der Waals surface area contributed by atoms with Crippen LogP contribution in [0, 0.1) is 6.92 Å². The van der Waals surface area contributed by atoms with Crippen molar-refractivity contribution in [1.82, 2.24) is 4.98 Å². The molecule has 0 aliphatic carbocycles. The number of pyridine rings is 1. The number of alkyl halides is 2. The molecule has 19 heavy (non-hydrogen) atoms. The van der Waals surface area contributed by atoms with E-state index in [4.69, 9.17) is 11.6 Å². The van der Waals surface area contributed by atoms with Crippen LogP contribution in [0.2, 0.25) is 5.02 Å². The van der Waals surface area contributed by atoms with Gasteiger partial charge >= 0.3 is 6.61 Å². The van der Waals surface area contributed by atoms with Crippen LogP contribution < -0.4 is 4.74 Å². The van der Waals surface area contributed by atoms with E-state index in [1.54, 1.807) is 12.1 Å². The van der Waals surface area contributed by atoms with Crippen molar-refractivity contribution in [2.45, 2.75) is 33.3 Å². The van der Waals surface area contributed by atoms with Crippen molar-refractivity contribution in [1.29, 1.82) is 0 Å². The summed E-state index contributed by atoms with van der Waals surface area (Å²) in [6.07, 6.45) is 0. The SMILES string of the molecule is Cc1nc2c(OC(F)F)cccc2c(Cl)c1C(C)C. The molecule has 0 bridgehead atoms. The lowest BCUT2D eigenvalue weighted by Crippen LogP contribution is -2.04. The van der Waals surface area contributed by atoms with Crippen molar-refractivity contribution in [3.63, 3.8) is 0 Å². The number of halogens is 3. The fourth-order valence-corrected chi connectivity index (χ4v) is 2.72. The van der Waals surface area contributed by atoms with Crippen LogP contribution >= 0.6 is 11.6 Å². The second kappa shape index (κ2) is 5.29. The molecule has 0 radical (unpaired) electrons. The summed E-state index contributed by atoms with van der Waals surface area (Å²) in [5, 5.41) is 1.19. The Morgan fingerprint density at radius 2 is 1.95 bits per heavy atom. The normalized spacial score (nSPS) is 11.6. The van der Waals surface area contributed by atoms with Gasteiger partial charge < -0.3 is 4.74 Å². The van der Waals surface area contributed by atoms with Gasteiger partial charge in [-0.15, -0.1) is 0 Å². The molecule has 0 amide bonds. The van der Waals surface area contributed by atoms with E-state index in [0.717, 1.165) is 11.3 Å². The zero-order chi connectivity index (χ0) is 14.2. The first-order valence-electron chi connectivity index (χ1n) is 5.95. The predicted molar refractivity (Wildman–Crippen MR) is 72.2 cm³/mol. The molecule has 0 saturated heterocycles. The third-order valence-electron chi connectivity index (χ3n) is 2.93. The first kappa shape index (κ1) is 14.0. The van der Waals surface area contributed by atoms with E-state index < -0.39 is 6.61 Å². The van der Waals surface area contributed by atoms with E-state index >= 15 is 0 Å². The predicted octanol–water partition coefficient (Wildman–Crippen LogP) is 4.92. The Balaban J connectivity index is 2.72. The Hall–Kier alpha value is -1.42. The van der Waals surface area contributed by atoms with E-state index in [-0.39, 0.29) is 11.7 Å². The highest BCUT2D eigenvalue weighted by molar-refractivity contribution is 6.36. The number of para-hydroxylation sites is 1. The number of aryl methyl sites for hydroxylation is 1. The number of hydrogen-bond donors (Lipinski definition) is 0. The van der Waals surface area contributed by atoms with Crippen LogP contribution in [-0.4, -0.2) is 11.6 Å². The van der Waals surface area contributed by atoms with Crippen molar-refractivity contribution < 1.29 is 13.5 Å². The summed E-state index contributed by atoms with van der Waals surface area (Å²) < 4.78 is 29.2. The number of benzene rings is 1. The molecule has 0 unspecified atom stereocenters. The highest BCUT2D eigenvalue weighted by Crippen LogP contribution is 2.36. The quantitative estimate of drug-likeness (QED) is 0.798. The first-order chi connectivity index (χ1) is 8.91. The Bertz CT molecular complexity index is 614. The van der Waals surface area contributed by atoms with Gasteiger partial charge in [-0.25, -0.2) is 4.98 Å². The number of fused-ring (bicyclic) bond motifs is 1. The summed E-state index contributed by atoms with van der Waals surface area (Å²) in [5.41, 5.74) is 2.04. The lowest BCUT2D eigenvalue weighted by Gasteiger charge is -2.15. The molecular formula is C14H14ClF2NO. The average Bonchev–Trinajstić information content (AvgIpc) is 2.29. The van der Waals surface area contributed by atoms with Crippen molar-refractivity contribution in [2.24, 2.45) is 0 Å². The minimum atomic E-state index is -2.88. The van der Waals surface area contributed by atoms with E-state index in [1.807, 2.05) is 20.8 Å². The second-order valence-corrected chi connectivity index (χ2v) is 4.99. The smallest absolute Gasteiger partial charge is 0.387 e. The van der Waals surface area contributed by atoms with Crippen molar-refractivity contribution in [3.8, 4) is 5.75 Å². The van der Waals surface area contributed by atoms with Gasteiger partial charge in [-0.05, 0) is 24.5 Å². The van der Waals surface area contributed by atoms with E-state index in [9.17, 15) is 8.78 Å². The number of nitrogens with zero attached hydrogens (tertiary/aromatic N) is 1. The monoisotopic (exact) mass is 285 g/mol. The summed E-state index contributed by atoms with van der Waals surface area (Å²) in [7, 11) is 0. The van der Waals surface area contributed by atoms with Gasteiger partial charge in [-0.3, -0.25) is 0 Å². The summed E-state index contributed by atoms with van der Waals surface area (Å²) in [4.78, 5) is 4.37. The summed E-state index contributed by atoms with van der Waals surface area (Å²) in [5.74, 6) is 0.261. The second-order valence-electron chi connectivity index (χ2n) is 4.61. The van der Waals surface area contributed by atoms with Crippen molar-refractivity contribution in [2.75, 3.05) is 0 Å². The molecule has 2 nitrogen and oxygen atoms in total. The third-order valence-corrected chi connectivity index (χ3v) is 3.34. The maximum Gasteiger partial charge on any atom is 0.387 e. The lowest BCUT2D eigenvalue weighted by atomic mass is 9.99. The summed E-state index contributed by atoms with van der Waals surface area (Å²) in [6, 6.07) is 4.85. The van der Waals surface area contributed by atoms with Gasteiger partial charge in [0, 0.05) is 11.1 Å². The molecule has 0 aliphatic rings. The molecule has 0 N–H and O–H groups in total. The highest BCUT2D eigenvalue weighted by atomic mass is 35.5. The van der Waals surface area contributed by atoms with Gasteiger partial charge in [-0.1, -0.05) is 37.6 Å². The van der Waals surface area contributed by atoms with E-state index in [0.29, 0.717) is 15.9 Å². The maximum absolute atomic E-state index is 12.4. The Kier molecular flexibility index (Phi) is 3.90. The summed E-state index contributed by atoms with van der Waals surface area (Å²) in [6.45, 7) is 2.97. The number of aromatic nitrogens is 1. The van der Waals surface area contributed by atoms with Gasteiger partial charge in [0.25, 0.3) is 0 Å². The van der Waals surface area contributed by atoms with Crippen LogP contribution in [0.3, 0.4) is 0 Å². The number of rotatable bonds is 3. The standard InChI is InChI=1S/C14H14ClF2NO/c1-7(2)11-8(3)18-13-9(12(11)15)5-4-6-10(13)19-14(16)17/h4-7,14H,1-3H3. The molecule has 0 fully saturated rings. The van der Waals surface area contributed by atoms with Crippen molar-refractivity contribution in [3.05, 3.63) is 34.5 Å². The van der Waals surface area contributed by atoms with Crippen molar-refractivity contribution >= 4 is 22.5 Å². The number of ether oxygens (including phenoxy) is 1. The van der Waals surface area contributed by atoms with Crippen LogP contribution in [0.5, 0.6) is 5.75 Å². The molecule has 0 atom stereocenters. The highest BCUT2D eigenvalue weighted by Gasteiger charge is 2.17. The molecule has 2 aromatic rings. The van der Waals surface area contributed by atoms with Crippen LogP contribution in [0.25, 0.3) is 10.9 Å². The first-order valence-corrected chi connectivity index (χ1v) is 6.33. The van der Waals surface area contributed by atoms with Crippen LogP contribution in [0.4, 0.5) is 8.78 Å². The van der Waals surface area contributed by atoms with E-state index in [1.165, 1.54) is 6.07 Å². The maximum atomic E-state index is 12.4. The molecule has 102 valence electrons. The number of hydrogen-bond acceptors (Lipinski definition) is 2. The zero-order valence-corrected chi connectivity index (χ0v) is 11.6. The van der Waals surface area contributed by atoms with Gasteiger partial charge in [-0.2, -0.15) is 8.78 Å². The molecule has 1 heterocycles. The van der Waals surface area contributed by atoms with Crippen LogP contribution in [0.1, 0.15) is 31.0 Å². The minimum absolute atomic E-state index is 0.0489. The molecular weight excluding hydrogens is 272 g/mol. The average molecular weight is 286 g/mol. The summed E-state index contributed by atoms with van der Waals surface area (Å²) >= 11 is 6.37. The molecule has 0 spiro atoms. The minimum Gasteiger partial charge on any atom is -0.432 e. The van der Waals surface area contributed by atoms with Gasteiger partial charge in [0.15, 0.2) is 5.75 Å². The Morgan fingerprint density at radius 3 is 2.53 bits per heavy atom. The molecule has 2 rings (SSSR count). The zero-order valence-electron chi connectivity index (χ0n) is 10.9. The fraction of sp³-hybridized carbons (Fsp3) is 0.357. The van der Waals surface area contributed by atoms with Crippen LogP contribution in [-0.2, 0) is 0 Å². The lowest BCUT2D eigenvalue weighted by molar-refractivity contribution is -0.0489. The van der Waals surface area contributed by atoms with Gasteiger partial charge in [0.05, 0.1) is 5.02 Å².